The average molecular weight is 759 g/mol. The van der Waals surface area contributed by atoms with Crippen molar-refractivity contribution in [1.82, 2.24) is 4.57 Å². The number of rotatable bonds is 6. The summed E-state index contributed by atoms with van der Waals surface area (Å²) in [5.74, 6) is 0. The summed E-state index contributed by atoms with van der Waals surface area (Å²) in [7, 11) is 0. The second-order valence-corrected chi connectivity index (χ2v) is 15.9. The second-order valence-electron chi connectivity index (χ2n) is 14.9. The zero-order valence-corrected chi connectivity index (χ0v) is 32.2. The van der Waals surface area contributed by atoms with Gasteiger partial charge in [-0.2, -0.15) is 0 Å². The number of fused-ring (bicyclic) bond motifs is 9. The quantitative estimate of drug-likeness (QED) is 0.168. The van der Waals surface area contributed by atoms with Gasteiger partial charge in [0, 0.05) is 60.0 Å². The normalized spacial score (nSPS) is 11.8. The maximum Gasteiger partial charge on any atom is 0.137 e. The van der Waals surface area contributed by atoms with E-state index in [1.807, 2.05) is 23.5 Å². The van der Waals surface area contributed by atoms with Crippen LogP contribution >= 0.6 is 11.3 Å². The fraction of sp³-hybridized carbons (Fsp3) is 0. The van der Waals surface area contributed by atoms with Crippen molar-refractivity contribution in [2.75, 3.05) is 4.90 Å². The number of nitrogens with zero attached hydrogens (tertiary/aromatic N) is 2. The molecule has 0 saturated heterocycles. The van der Waals surface area contributed by atoms with Crippen molar-refractivity contribution in [2.24, 2.45) is 0 Å². The van der Waals surface area contributed by atoms with E-state index in [-0.39, 0.29) is 0 Å². The van der Waals surface area contributed by atoms with Crippen LogP contribution in [-0.2, 0) is 0 Å². The summed E-state index contributed by atoms with van der Waals surface area (Å²) in [4.78, 5) is 2.38. The van der Waals surface area contributed by atoms with Crippen molar-refractivity contribution >= 4 is 92.3 Å². The van der Waals surface area contributed by atoms with E-state index in [2.05, 4.69) is 204 Å². The third-order valence-corrected chi connectivity index (χ3v) is 12.8. The van der Waals surface area contributed by atoms with Crippen molar-refractivity contribution in [3.8, 4) is 27.9 Å². The lowest BCUT2D eigenvalue weighted by molar-refractivity contribution is 0.669. The van der Waals surface area contributed by atoms with Crippen LogP contribution in [0.25, 0.3) is 91.9 Å². The number of anilines is 3. The molecule has 4 heteroatoms. The summed E-state index contributed by atoms with van der Waals surface area (Å²) in [5, 5.41) is 7.32. The highest BCUT2D eigenvalue weighted by Gasteiger charge is 2.20. The number of benzene rings is 9. The van der Waals surface area contributed by atoms with E-state index in [9.17, 15) is 0 Å². The van der Waals surface area contributed by atoms with Gasteiger partial charge < -0.3 is 13.9 Å². The number of thiophene rings is 1. The number of aromatic nitrogens is 1. The zero-order valence-electron chi connectivity index (χ0n) is 31.3. The van der Waals surface area contributed by atoms with Crippen LogP contribution in [0.4, 0.5) is 17.1 Å². The molecule has 9 aromatic carbocycles. The molecule has 0 N–H and O–H groups in total. The molecule has 0 spiro atoms. The minimum absolute atomic E-state index is 0.877. The summed E-state index contributed by atoms with van der Waals surface area (Å²) >= 11 is 1.85. The lowest BCUT2D eigenvalue weighted by atomic mass is 9.97. The van der Waals surface area contributed by atoms with Crippen LogP contribution in [0, 0.1) is 0 Å². The Bertz CT molecular complexity index is 3480. The Hall–Kier alpha value is -7.40. The topological polar surface area (TPSA) is 21.3 Å². The van der Waals surface area contributed by atoms with Crippen molar-refractivity contribution in [1.29, 1.82) is 0 Å². The molecule has 0 unspecified atom stereocenters. The molecule has 0 fully saturated rings. The van der Waals surface area contributed by atoms with Crippen LogP contribution < -0.4 is 4.90 Å². The van der Waals surface area contributed by atoms with E-state index in [1.54, 1.807) is 0 Å². The first-order chi connectivity index (χ1) is 28.8. The molecule has 272 valence electrons. The molecule has 0 radical (unpaired) electrons. The third-order valence-electron chi connectivity index (χ3n) is 11.6. The van der Waals surface area contributed by atoms with Crippen LogP contribution in [0.15, 0.2) is 211 Å². The monoisotopic (exact) mass is 758 g/mol. The first kappa shape index (κ1) is 32.8. The van der Waals surface area contributed by atoms with E-state index in [0.29, 0.717) is 0 Å². The van der Waals surface area contributed by atoms with Crippen LogP contribution in [-0.4, -0.2) is 4.57 Å². The number of hydrogen-bond donors (Lipinski definition) is 0. The van der Waals surface area contributed by atoms with Gasteiger partial charge in [0.15, 0.2) is 0 Å². The van der Waals surface area contributed by atoms with Crippen molar-refractivity contribution in [2.45, 2.75) is 0 Å². The minimum atomic E-state index is 0.877. The van der Waals surface area contributed by atoms with Crippen LogP contribution in [0.5, 0.6) is 0 Å². The van der Waals surface area contributed by atoms with Gasteiger partial charge in [-0.1, -0.05) is 133 Å². The molecule has 0 aliphatic rings. The van der Waals surface area contributed by atoms with E-state index >= 15 is 0 Å². The summed E-state index contributed by atoms with van der Waals surface area (Å²) < 4.78 is 11.4. The molecule has 0 bridgehead atoms. The van der Waals surface area contributed by atoms with Gasteiger partial charge in [-0.25, -0.2) is 0 Å². The third kappa shape index (κ3) is 5.12. The zero-order chi connectivity index (χ0) is 38.2. The molecule has 0 aliphatic heterocycles. The summed E-state index contributed by atoms with van der Waals surface area (Å²) in [6.07, 6.45) is 0. The lowest BCUT2D eigenvalue weighted by Gasteiger charge is -2.26. The van der Waals surface area contributed by atoms with E-state index < -0.39 is 0 Å². The predicted octanol–water partition coefficient (Wildman–Crippen LogP) is 15.9. The second kappa shape index (κ2) is 13.1. The van der Waals surface area contributed by atoms with Crippen LogP contribution in [0.3, 0.4) is 0 Å². The molecule has 12 rings (SSSR count). The molecule has 0 amide bonds. The molecule has 3 heterocycles. The smallest absolute Gasteiger partial charge is 0.137 e. The van der Waals surface area contributed by atoms with E-state index in [4.69, 9.17) is 4.42 Å². The van der Waals surface area contributed by atoms with E-state index in [1.165, 1.54) is 64.4 Å². The maximum atomic E-state index is 6.42. The average Bonchev–Trinajstić information content (AvgIpc) is 3.97. The van der Waals surface area contributed by atoms with Gasteiger partial charge in [0.25, 0.3) is 0 Å². The van der Waals surface area contributed by atoms with Crippen LogP contribution in [0.1, 0.15) is 0 Å². The summed E-state index contributed by atoms with van der Waals surface area (Å²) in [5.41, 5.74) is 13.3. The highest BCUT2D eigenvalue weighted by Crippen LogP contribution is 2.46. The summed E-state index contributed by atoms with van der Waals surface area (Å²) in [6, 6.07) is 74.4. The Morgan fingerprint density at radius 2 is 1.02 bits per heavy atom. The molecule has 0 saturated carbocycles. The van der Waals surface area contributed by atoms with Crippen molar-refractivity contribution in [3.05, 3.63) is 206 Å². The van der Waals surface area contributed by atoms with Gasteiger partial charge in [0.2, 0.25) is 0 Å². The van der Waals surface area contributed by atoms with Gasteiger partial charge in [-0.05, 0) is 83.4 Å². The molecule has 58 heavy (non-hydrogen) atoms. The molecule has 0 aliphatic carbocycles. The Balaban J connectivity index is 0.976. The van der Waals surface area contributed by atoms with Crippen molar-refractivity contribution in [3.63, 3.8) is 0 Å². The van der Waals surface area contributed by atoms with E-state index in [0.717, 1.165) is 44.6 Å². The predicted molar refractivity (Wildman–Crippen MR) is 247 cm³/mol. The number of furan rings is 1. The lowest BCUT2D eigenvalue weighted by Crippen LogP contribution is -2.10. The fourth-order valence-corrected chi connectivity index (χ4v) is 10.2. The minimum Gasteiger partial charge on any atom is -0.456 e. The Labute approximate surface area is 338 Å². The SMILES string of the molecule is c1cc(-c2ccc(N(c3ccc4c(c3)oc3ccccc34)c3cccc4c3sc3ccccc34)cc2)cc(-c2ccccc2-n2c3ccccc3c3ccccc32)c1. The van der Waals surface area contributed by atoms with Gasteiger partial charge in [-0.15, -0.1) is 11.3 Å². The van der Waals surface area contributed by atoms with Gasteiger partial charge in [0.05, 0.1) is 27.1 Å². The molecule has 0 atom stereocenters. The standard InChI is InChI=1S/C54H34N2OS/c1-6-21-47(56-48-22-7-2-16-41(48)42-17-3-8-23-49(42)56)40(15-1)37-14-11-13-36(33-37)35-27-29-38(30-28-35)55(39-31-32-44-43-18-4-9-25-51(43)57-52(44)34-39)50-24-12-20-46-45-19-5-10-26-53(45)58-54(46)50/h1-34H. The Morgan fingerprint density at radius 3 is 1.84 bits per heavy atom. The first-order valence-electron chi connectivity index (χ1n) is 19.7. The molecular formula is C54H34N2OS. The molecule has 3 nitrogen and oxygen atoms in total. The van der Waals surface area contributed by atoms with Gasteiger partial charge >= 0.3 is 0 Å². The first-order valence-corrected chi connectivity index (χ1v) is 20.5. The van der Waals surface area contributed by atoms with Crippen molar-refractivity contribution < 1.29 is 4.42 Å². The number of para-hydroxylation sites is 4. The fourth-order valence-electron chi connectivity index (χ4n) is 8.95. The highest BCUT2D eigenvalue weighted by atomic mass is 32.1. The maximum absolute atomic E-state index is 6.42. The Morgan fingerprint density at radius 1 is 0.397 bits per heavy atom. The summed E-state index contributed by atoms with van der Waals surface area (Å²) in [6.45, 7) is 0. The largest absolute Gasteiger partial charge is 0.456 e. The number of hydrogen-bond acceptors (Lipinski definition) is 3. The molecule has 3 aromatic heterocycles. The van der Waals surface area contributed by atoms with Gasteiger partial charge in [0.1, 0.15) is 11.2 Å². The highest BCUT2D eigenvalue weighted by molar-refractivity contribution is 7.26. The Kier molecular flexibility index (Phi) is 7.40. The molecular weight excluding hydrogens is 725 g/mol. The van der Waals surface area contributed by atoms with Gasteiger partial charge in [-0.3, -0.25) is 0 Å². The van der Waals surface area contributed by atoms with Crippen LogP contribution in [0.2, 0.25) is 0 Å². The molecule has 12 aromatic rings.